The minimum atomic E-state index is -0.494. The van der Waals surface area contributed by atoms with Crippen LogP contribution in [-0.4, -0.2) is 41.9 Å². The maximum absolute atomic E-state index is 13.9. The Morgan fingerprint density at radius 2 is 1.75 bits per heavy atom. The van der Waals surface area contributed by atoms with Gasteiger partial charge in [0, 0.05) is 13.6 Å². The van der Waals surface area contributed by atoms with Crippen LogP contribution in [0.1, 0.15) is 52.6 Å². The summed E-state index contributed by atoms with van der Waals surface area (Å²) in [5.74, 6) is 0.908. The van der Waals surface area contributed by atoms with Crippen LogP contribution in [0.25, 0.3) is 16.7 Å². The Hall–Kier alpha value is -3.48. The van der Waals surface area contributed by atoms with Crippen molar-refractivity contribution in [2.45, 2.75) is 46.1 Å². The van der Waals surface area contributed by atoms with Gasteiger partial charge in [-0.25, -0.2) is 4.98 Å². The minimum Gasteiger partial charge on any atom is -0.329 e. The molecule has 1 amide bonds. The second-order valence-electron chi connectivity index (χ2n) is 9.09. The van der Waals surface area contributed by atoms with Crippen LogP contribution in [0.15, 0.2) is 42.7 Å². The molecule has 3 heterocycles. The number of hydrogen-bond donors (Lipinski definition) is 0. The first-order valence-electron chi connectivity index (χ1n) is 11.0. The van der Waals surface area contributed by atoms with Crippen LogP contribution < -0.4 is 0 Å². The fraction of sp³-hybridized carbons (Fsp3) is 0.360. The molecule has 1 aliphatic rings. The fourth-order valence-electron chi connectivity index (χ4n) is 4.92. The predicted octanol–water partition coefficient (Wildman–Crippen LogP) is 4.23. The van der Waals surface area contributed by atoms with Gasteiger partial charge >= 0.3 is 0 Å². The summed E-state index contributed by atoms with van der Waals surface area (Å²) in [5.41, 5.74) is 6.40. The summed E-state index contributed by atoms with van der Waals surface area (Å²) in [6.45, 7) is 9.06. The number of hydrogen-bond acceptors (Lipinski definition) is 4. The van der Waals surface area contributed by atoms with Crippen LogP contribution in [0, 0.1) is 20.8 Å². The Kier molecular flexibility index (Phi) is 4.65. The highest BCUT2D eigenvalue weighted by Crippen LogP contribution is 2.40. The third-order valence-electron chi connectivity index (χ3n) is 6.88. The highest BCUT2D eigenvalue weighted by atomic mass is 16.2. The number of nitrogens with zero attached hydrogens (tertiary/aromatic N) is 6. The highest BCUT2D eigenvalue weighted by molar-refractivity contribution is 5.98. The maximum atomic E-state index is 13.9. The van der Waals surface area contributed by atoms with E-state index in [4.69, 9.17) is 4.98 Å². The molecule has 7 nitrogen and oxygen atoms in total. The molecule has 0 N–H and O–H groups in total. The summed E-state index contributed by atoms with van der Waals surface area (Å²) in [6.07, 6.45) is 5.06. The molecule has 32 heavy (non-hydrogen) atoms. The number of likely N-dealkylation sites (tertiary alicyclic amines) is 1. The molecule has 1 aliphatic heterocycles. The molecule has 1 atom stereocenters. The zero-order chi connectivity index (χ0) is 22.6. The van der Waals surface area contributed by atoms with Crippen LogP contribution in [0.3, 0.4) is 0 Å². The van der Waals surface area contributed by atoms with Crippen molar-refractivity contribution in [2.24, 2.45) is 7.05 Å². The first kappa shape index (κ1) is 20.4. The van der Waals surface area contributed by atoms with E-state index in [1.807, 2.05) is 30.0 Å². The van der Waals surface area contributed by atoms with Crippen LogP contribution in [-0.2, 0) is 12.6 Å². The standard InChI is InChI=1S/C25H28N6O/c1-16-7-8-19(21(13-16)31-26-10-11-27-31)23(32)30-12-6-9-25(30,4)24-28-20-14-17(2)18(3)15-22(20)29(24)5/h7-8,10-11,13-15H,6,9,12H2,1-5H3. The molecular weight excluding hydrogens is 400 g/mol. The lowest BCUT2D eigenvalue weighted by molar-refractivity contribution is 0.0600. The Bertz CT molecular complexity index is 1340. The average molecular weight is 429 g/mol. The van der Waals surface area contributed by atoms with Crippen LogP contribution in [0.4, 0.5) is 0 Å². The van der Waals surface area contributed by atoms with Gasteiger partial charge < -0.3 is 9.47 Å². The number of fused-ring (bicyclic) bond motifs is 1. The summed E-state index contributed by atoms with van der Waals surface area (Å²) in [6, 6.07) is 10.1. The maximum Gasteiger partial charge on any atom is 0.256 e. The second-order valence-corrected chi connectivity index (χ2v) is 9.09. The van der Waals surface area contributed by atoms with E-state index in [9.17, 15) is 4.79 Å². The van der Waals surface area contributed by atoms with E-state index in [0.717, 1.165) is 35.3 Å². The largest absolute Gasteiger partial charge is 0.329 e. The molecule has 0 spiro atoms. The van der Waals surface area contributed by atoms with Gasteiger partial charge in [-0.15, -0.1) is 0 Å². The number of aromatic nitrogens is 5. The third-order valence-corrected chi connectivity index (χ3v) is 6.88. The quantitative estimate of drug-likeness (QED) is 0.490. The lowest BCUT2D eigenvalue weighted by atomic mass is 9.96. The Morgan fingerprint density at radius 3 is 2.50 bits per heavy atom. The van der Waals surface area contributed by atoms with Crippen molar-refractivity contribution in [3.05, 3.63) is 70.8 Å². The summed E-state index contributed by atoms with van der Waals surface area (Å²) in [7, 11) is 2.05. The monoisotopic (exact) mass is 428 g/mol. The van der Waals surface area contributed by atoms with E-state index >= 15 is 0 Å². The van der Waals surface area contributed by atoms with Crippen molar-refractivity contribution >= 4 is 16.9 Å². The lowest BCUT2D eigenvalue weighted by Crippen LogP contribution is -2.44. The van der Waals surface area contributed by atoms with Gasteiger partial charge in [-0.3, -0.25) is 4.79 Å². The van der Waals surface area contributed by atoms with E-state index in [2.05, 4.69) is 54.7 Å². The Morgan fingerprint density at radius 1 is 1.03 bits per heavy atom. The van der Waals surface area contributed by atoms with Gasteiger partial charge in [0.25, 0.3) is 5.91 Å². The first-order chi connectivity index (χ1) is 15.3. The minimum absolute atomic E-state index is 0.0169. The second kappa shape index (κ2) is 7.29. The average Bonchev–Trinajstić information content (AvgIpc) is 3.49. The predicted molar refractivity (Wildman–Crippen MR) is 124 cm³/mol. The fourth-order valence-corrected chi connectivity index (χ4v) is 4.92. The molecule has 1 saturated heterocycles. The van der Waals surface area contributed by atoms with Crippen molar-refractivity contribution in [2.75, 3.05) is 6.54 Å². The Labute approximate surface area is 187 Å². The van der Waals surface area contributed by atoms with Gasteiger partial charge in [0.1, 0.15) is 5.82 Å². The highest BCUT2D eigenvalue weighted by Gasteiger charge is 2.45. The van der Waals surface area contributed by atoms with E-state index < -0.39 is 5.54 Å². The summed E-state index contributed by atoms with van der Waals surface area (Å²) in [4.78, 5) is 22.4. The number of aryl methyl sites for hydroxylation is 4. The van der Waals surface area contributed by atoms with Crippen molar-refractivity contribution in [3.8, 4) is 5.69 Å². The molecule has 0 radical (unpaired) electrons. The van der Waals surface area contributed by atoms with Crippen molar-refractivity contribution in [3.63, 3.8) is 0 Å². The third kappa shape index (κ3) is 3.03. The number of benzene rings is 2. The molecule has 1 fully saturated rings. The van der Waals surface area contributed by atoms with Crippen LogP contribution >= 0.6 is 0 Å². The topological polar surface area (TPSA) is 68.8 Å². The number of carbonyl (C=O) groups excluding carboxylic acids is 1. The summed E-state index contributed by atoms with van der Waals surface area (Å²) >= 11 is 0. The summed E-state index contributed by atoms with van der Waals surface area (Å²) < 4.78 is 2.15. The molecule has 0 bridgehead atoms. The molecule has 7 heteroatoms. The van der Waals surface area contributed by atoms with Gasteiger partial charge in [-0.05, 0) is 81.5 Å². The molecule has 1 unspecified atom stereocenters. The van der Waals surface area contributed by atoms with Gasteiger partial charge in [-0.1, -0.05) is 6.07 Å². The number of rotatable bonds is 3. The van der Waals surface area contributed by atoms with E-state index in [-0.39, 0.29) is 5.91 Å². The summed E-state index contributed by atoms with van der Waals surface area (Å²) in [5, 5.41) is 8.54. The smallest absolute Gasteiger partial charge is 0.256 e. The van der Waals surface area contributed by atoms with E-state index in [1.54, 1.807) is 12.4 Å². The zero-order valence-electron chi connectivity index (χ0n) is 19.3. The SMILES string of the molecule is Cc1ccc(C(=O)N2CCCC2(C)c2nc3cc(C)c(C)cc3n2C)c(-n2nccn2)c1. The molecule has 164 valence electrons. The van der Waals surface area contributed by atoms with Gasteiger partial charge in [0.05, 0.1) is 40.2 Å². The van der Waals surface area contributed by atoms with Crippen LogP contribution in [0.5, 0.6) is 0 Å². The molecule has 5 rings (SSSR count). The normalized spacial score (nSPS) is 18.6. The zero-order valence-corrected chi connectivity index (χ0v) is 19.3. The van der Waals surface area contributed by atoms with Crippen molar-refractivity contribution in [1.29, 1.82) is 0 Å². The van der Waals surface area contributed by atoms with Crippen LogP contribution in [0.2, 0.25) is 0 Å². The molecule has 0 aliphatic carbocycles. The molecule has 0 saturated carbocycles. The van der Waals surface area contributed by atoms with Crippen molar-refractivity contribution in [1.82, 2.24) is 29.4 Å². The van der Waals surface area contributed by atoms with Gasteiger partial charge in [0.15, 0.2) is 0 Å². The van der Waals surface area contributed by atoms with Gasteiger partial charge in [-0.2, -0.15) is 15.0 Å². The first-order valence-corrected chi connectivity index (χ1v) is 11.0. The molecular formula is C25H28N6O. The van der Waals surface area contributed by atoms with Crippen molar-refractivity contribution < 1.29 is 4.79 Å². The van der Waals surface area contributed by atoms with E-state index in [1.165, 1.54) is 15.9 Å². The number of amides is 1. The Balaban J connectivity index is 1.61. The van der Waals surface area contributed by atoms with Gasteiger partial charge in [0.2, 0.25) is 0 Å². The molecule has 4 aromatic rings. The number of imidazole rings is 1. The van der Waals surface area contributed by atoms with E-state index in [0.29, 0.717) is 17.8 Å². The lowest BCUT2D eigenvalue weighted by Gasteiger charge is -2.35. The molecule has 2 aromatic heterocycles. The molecule has 2 aromatic carbocycles. The number of carbonyl (C=O) groups is 1.